The van der Waals surface area contributed by atoms with Crippen molar-refractivity contribution >= 4 is 15.8 Å². The topological polar surface area (TPSA) is 97.3 Å². The lowest BCUT2D eigenvalue weighted by Gasteiger charge is -2.40. The third-order valence-electron chi connectivity index (χ3n) is 6.29. The molecule has 1 N–H and O–H groups in total. The molecule has 4 rings (SSSR count). The van der Waals surface area contributed by atoms with Crippen LogP contribution >= 0.6 is 0 Å². The van der Waals surface area contributed by atoms with Crippen LogP contribution in [0.5, 0.6) is 0 Å². The lowest BCUT2D eigenvalue weighted by molar-refractivity contribution is -0.00233. The summed E-state index contributed by atoms with van der Waals surface area (Å²) in [7, 11) is -3.27. The maximum absolute atomic E-state index is 11.9. The number of anilines is 1. The summed E-state index contributed by atoms with van der Waals surface area (Å²) in [4.78, 5) is 15.3. The van der Waals surface area contributed by atoms with Crippen molar-refractivity contribution < 1.29 is 13.2 Å². The zero-order chi connectivity index (χ0) is 21.7. The van der Waals surface area contributed by atoms with Gasteiger partial charge in [-0.1, -0.05) is 6.07 Å². The molecule has 0 spiro atoms. The van der Waals surface area contributed by atoms with Crippen molar-refractivity contribution in [3.8, 4) is 0 Å². The molecule has 2 aromatic heterocycles. The Bertz CT molecular complexity index is 921. The van der Waals surface area contributed by atoms with E-state index in [4.69, 9.17) is 4.74 Å². The van der Waals surface area contributed by atoms with Crippen LogP contribution in [-0.4, -0.2) is 61.5 Å². The van der Waals surface area contributed by atoms with Gasteiger partial charge in [-0.3, -0.25) is 9.97 Å². The Morgan fingerprint density at radius 2 is 1.94 bits per heavy atom. The molecule has 0 aromatic carbocycles. The molecule has 0 bridgehead atoms. The van der Waals surface area contributed by atoms with E-state index in [0.29, 0.717) is 12.5 Å². The van der Waals surface area contributed by atoms with Crippen LogP contribution < -0.4 is 9.62 Å². The molecule has 0 amide bonds. The first-order valence-corrected chi connectivity index (χ1v) is 12.9. The Morgan fingerprint density at radius 3 is 2.61 bits per heavy atom. The Labute approximate surface area is 184 Å². The van der Waals surface area contributed by atoms with Crippen molar-refractivity contribution in [2.24, 2.45) is 5.92 Å². The molecule has 1 saturated carbocycles. The fourth-order valence-electron chi connectivity index (χ4n) is 4.69. The van der Waals surface area contributed by atoms with Crippen LogP contribution in [-0.2, 0) is 14.8 Å². The van der Waals surface area contributed by atoms with Gasteiger partial charge in [-0.05, 0) is 44.2 Å². The minimum absolute atomic E-state index is 0.0724. The maximum atomic E-state index is 11.9. The molecule has 1 aliphatic carbocycles. The maximum Gasteiger partial charge on any atom is 0.208 e. The van der Waals surface area contributed by atoms with Gasteiger partial charge in [0.15, 0.2) is 0 Å². The van der Waals surface area contributed by atoms with Gasteiger partial charge >= 0.3 is 0 Å². The van der Waals surface area contributed by atoms with E-state index in [2.05, 4.69) is 24.6 Å². The highest BCUT2D eigenvalue weighted by Crippen LogP contribution is 2.33. The third kappa shape index (κ3) is 6.21. The van der Waals surface area contributed by atoms with E-state index in [1.807, 2.05) is 24.4 Å². The van der Waals surface area contributed by atoms with E-state index < -0.39 is 10.0 Å². The number of nitrogens with one attached hydrogen (secondary N) is 1. The number of ether oxygens (including phenoxy) is 1. The molecule has 8 nitrogen and oxygen atoms in total. The van der Waals surface area contributed by atoms with Crippen LogP contribution in [0.25, 0.3) is 0 Å². The number of pyridine rings is 1. The van der Waals surface area contributed by atoms with E-state index in [-0.39, 0.29) is 18.1 Å². The van der Waals surface area contributed by atoms with Gasteiger partial charge in [0, 0.05) is 55.8 Å². The molecule has 0 unspecified atom stereocenters. The smallest absolute Gasteiger partial charge is 0.208 e. The lowest BCUT2D eigenvalue weighted by atomic mass is 9.85. The van der Waals surface area contributed by atoms with Gasteiger partial charge in [-0.2, -0.15) is 0 Å². The van der Waals surface area contributed by atoms with Crippen molar-refractivity contribution in [2.75, 3.05) is 30.9 Å². The molecular formula is C22H31N5O3S. The molecule has 3 heterocycles. The minimum Gasteiger partial charge on any atom is -0.378 e. The Kier molecular flexibility index (Phi) is 7.14. The second-order valence-corrected chi connectivity index (χ2v) is 10.4. The number of hydrogen-bond acceptors (Lipinski definition) is 7. The van der Waals surface area contributed by atoms with E-state index in [1.165, 1.54) is 6.26 Å². The molecule has 2 aromatic rings. The molecule has 2 atom stereocenters. The first-order valence-electron chi connectivity index (χ1n) is 11.0. The fraction of sp³-hybridized carbons (Fsp3) is 0.591. The summed E-state index contributed by atoms with van der Waals surface area (Å²) in [5.74, 6) is 1.44. The minimum atomic E-state index is -3.27. The second kappa shape index (κ2) is 10.0. The number of piperidine rings is 1. The standard InChI is InChI=1S/C22H31N5O3S/c1-31(28,29)26-20-9-13-27(22-4-2-3-10-25-22)15-18(20)16-30-19-7-5-17(6-8-19)21-14-23-11-12-24-21/h2-4,10-12,14,17-20,26H,5-9,13,15-16H2,1H3/t17?,18-,19?,20-/m0/s1. The van der Waals surface area contributed by atoms with Gasteiger partial charge in [0.25, 0.3) is 0 Å². The van der Waals surface area contributed by atoms with Crippen LogP contribution in [0, 0.1) is 5.92 Å². The van der Waals surface area contributed by atoms with Crippen molar-refractivity contribution in [2.45, 2.75) is 50.2 Å². The average Bonchev–Trinajstić information content (AvgIpc) is 2.79. The van der Waals surface area contributed by atoms with Gasteiger partial charge in [0.1, 0.15) is 5.82 Å². The van der Waals surface area contributed by atoms with Crippen molar-refractivity contribution in [3.05, 3.63) is 48.7 Å². The van der Waals surface area contributed by atoms with E-state index >= 15 is 0 Å². The summed E-state index contributed by atoms with van der Waals surface area (Å²) in [5.41, 5.74) is 1.07. The predicted molar refractivity (Wildman–Crippen MR) is 119 cm³/mol. The average molecular weight is 446 g/mol. The summed E-state index contributed by atoms with van der Waals surface area (Å²) in [5, 5.41) is 0. The molecule has 9 heteroatoms. The molecule has 1 aliphatic heterocycles. The van der Waals surface area contributed by atoms with Gasteiger partial charge in [0.05, 0.1) is 24.7 Å². The van der Waals surface area contributed by atoms with Crippen LogP contribution in [0.4, 0.5) is 5.82 Å². The lowest BCUT2D eigenvalue weighted by Crippen LogP contribution is -2.52. The first-order chi connectivity index (χ1) is 15.0. The van der Waals surface area contributed by atoms with E-state index in [9.17, 15) is 8.42 Å². The molecule has 2 fully saturated rings. The van der Waals surface area contributed by atoms with Gasteiger partial charge in [0.2, 0.25) is 10.0 Å². The summed E-state index contributed by atoms with van der Waals surface area (Å²) >= 11 is 0. The number of rotatable bonds is 7. The highest BCUT2D eigenvalue weighted by Gasteiger charge is 2.33. The summed E-state index contributed by atoms with van der Waals surface area (Å²) in [6.07, 6.45) is 13.3. The van der Waals surface area contributed by atoms with Crippen molar-refractivity contribution in [3.63, 3.8) is 0 Å². The monoisotopic (exact) mass is 445 g/mol. The molecule has 0 radical (unpaired) electrons. The predicted octanol–water partition coefficient (Wildman–Crippen LogP) is 2.36. The SMILES string of the molecule is CS(=O)(=O)N[C@H]1CCN(c2ccccn2)C[C@H]1COC1CCC(c2cnccn2)CC1. The fourth-order valence-corrected chi connectivity index (χ4v) is 5.55. The van der Waals surface area contributed by atoms with Gasteiger partial charge in [-0.25, -0.2) is 18.1 Å². The first kappa shape index (κ1) is 22.1. The van der Waals surface area contributed by atoms with Crippen LogP contribution in [0.1, 0.15) is 43.7 Å². The van der Waals surface area contributed by atoms with Gasteiger partial charge < -0.3 is 9.64 Å². The number of hydrogen-bond donors (Lipinski definition) is 1. The Hall–Kier alpha value is -2.10. The Morgan fingerprint density at radius 1 is 1.10 bits per heavy atom. The highest BCUT2D eigenvalue weighted by molar-refractivity contribution is 7.88. The van der Waals surface area contributed by atoms with Crippen LogP contribution in [0.3, 0.4) is 0 Å². The molecule has 1 saturated heterocycles. The quantitative estimate of drug-likeness (QED) is 0.699. The summed E-state index contributed by atoms with van der Waals surface area (Å²) in [6, 6.07) is 5.76. The molecular weight excluding hydrogens is 414 g/mol. The van der Waals surface area contributed by atoms with Crippen molar-refractivity contribution in [1.82, 2.24) is 19.7 Å². The summed E-state index contributed by atoms with van der Waals surface area (Å²) in [6.45, 7) is 2.03. The van der Waals surface area contributed by atoms with Crippen LogP contribution in [0.15, 0.2) is 43.0 Å². The van der Waals surface area contributed by atoms with Gasteiger partial charge in [-0.15, -0.1) is 0 Å². The molecule has 2 aliphatic rings. The second-order valence-electron chi connectivity index (χ2n) is 8.62. The van der Waals surface area contributed by atoms with Crippen molar-refractivity contribution in [1.29, 1.82) is 0 Å². The van der Waals surface area contributed by atoms with Crippen LogP contribution in [0.2, 0.25) is 0 Å². The molecule has 168 valence electrons. The normalized spacial score (nSPS) is 27.2. The largest absolute Gasteiger partial charge is 0.378 e. The summed E-state index contributed by atoms with van der Waals surface area (Å²) < 4.78 is 32.9. The van der Waals surface area contributed by atoms with E-state index in [0.717, 1.165) is 56.7 Å². The zero-order valence-corrected chi connectivity index (χ0v) is 18.7. The molecule has 31 heavy (non-hydrogen) atoms. The number of nitrogens with zero attached hydrogens (tertiary/aromatic N) is 4. The highest BCUT2D eigenvalue weighted by atomic mass is 32.2. The number of aromatic nitrogens is 3. The zero-order valence-electron chi connectivity index (χ0n) is 17.9. The Balaban J connectivity index is 1.34. The third-order valence-corrected chi connectivity index (χ3v) is 7.03. The van der Waals surface area contributed by atoms with E-state index in [1.54, 1.807) is 18.6 Å². The number of sulfonamides is 1.